The second kappa shape index (κ2) is 7.05. The first-order valence-electron chi connectivity index (χ1n) is 8.23. The van der Waals surface area contributed by atoms with E-state index < -0.39 is 0 Å². The average Bonchev–Trinajstić information content (AvgIpc) is 2.69. The molecule has 3 nitrogen and oxygen atoms in total. The number of ether oxygens (including phenoxy) is 1. The molecular formula is C16H32N2O. The van der Waals surface area contributed by atoms with Crippen LogP contribution in [-0.4, -0.2) is 18.8 Å². The smallest absolute Gasteiger partial charge is 0.0849 e. The molecule has 3 atom stereocenters. The van der Waals surface area contributed by atoms with Gasteiger partial charge in [0.1, 0.15) is 0 Å². The van der Waals surface area contributed by atoms with Crippen molar-refractivity contribution in [3.05, 3.63) is 0 Å². The summed E-state index contributed by atoms with van der Waals surface area (Å²) in [6.07, 6.45) is 13.1. The van der Waals surface area contributed by atoms with Gasteiger partial charge in [-0.2, -0.15) is 0 Å². The molecule has 2 rings (SSSR count). The molecule has 0 bridgehead atoms. The zero-order chi connectivity index (χ0) is 13.7. The van der Waals surface area contributed by atoms with Gasteiger partial charge in [-0.1, -0.05) is 45.4 Å². The van der Waals surface area contributed by atoms with Crippen LogP contribution in [0.5, 0.6) is 0 Å². The minimum atomic E-state index is -0.0264. The number of hydrogen-bond donors (Lipinski definition) is 2. The monoisotopic (exact) mass is 268 g/mol. The molecule has 0 amide bonds. The first kappa shape index (κ1) is 15.3. The van der Waals surface area contributed by atoms with Gasteiger partial charge in [-0.15, -0.1) is 0 Å². The van der Waals surface area contributed by atoms with E-state index in [4.69, 9.17) is 10.6 Å². The fraction of sp³-hybridized carbons (Fsp3) is 1.00. The second-order valence-corrected chi connectivity index (χ2v) is 6.87. The fourth-order valence-electron chi connectivity index (χ4n) is 4.50. The van der Waals surface area contributed by atoms with Gasteiger partial charge in [0, 0.05) is 7.11 Å². The van der Waals surface area contributed by atoms with Crippen molar-refractivity contribution in [3.63, 3.8) is 0 Å². The van der Waals surface area contributed by atoms with E-state index in [1.807, 2.05) is 7.11 Å². The van der Waals surface area contributed by atoms with E-state index in [1.54, 1.807) is 0 Å². The van der Waals surface area contributed by atoms with Crippen molar-refractivity contribution < 1.29 is 4.74 Å². The Labute approximate surface area is 118 Å². The summed E-state index contributed by atoms with van der Waals surface area (Å²) in [6.45, 7) is 2.35. The van der Waals surface area contributed by atoms with Crippen molar-refractivity contribution in [2.75, 3.05) is 7.11 Å². The predicted octanol–water partition coefficient (Wildman–Crippen LogP) is 3.38. The highest BCUT2D eigenvalue weighted by atomic mass is 16.5. The van der Waals surface area contributed by atoms with Gasteiger partial charge in [0.05, 0.1) is 11.6 Å². The van der Waals surface area contributed by atoms with Crippen molar-refractivity contribution in [1.29, 1.82) is 0 Å². The number of hydrogen-bond acceptors (Lipinski definition) is 3. The summed E-state index contributed by atoms with van der Waals surface area (Å²) in [6, 6.07) is 0.332. The Balaban J connectivity index is 2.12. The highest BCUT2D eigenvalue weighted by Crippen LogP contribution is 2.41. The molecule has 0 heterocycles. The Morgan fingerprint density at radius 2 is 1.79 bits per heavy atom. The lowest BCUT2D eigenvalue weighted by molar-refractivity contribution is -0.0940. The largest absolute Gasteiger partial charge is 0.377 e. The van der Waals surface area contributed by atoms with Crippen LogP contribution in [0.3, 0.4) is 0 Å². The predicted molar refractivity (Wildman–Crippen MR) is 79.7 cm³/mol. The van der Waals surface area contributed by atoms with Gasteiger partial charge < -0.3 is 4.74 Å². The number of nitrogens with two attached hydrogens (primary N) is 1. The van der Waals surface area contributed by atoms with Crippen LogP contribution in [0.15, 0.2) is 0 Å². The maximum absolute atomic E-state index is 6.05. The first-order chi connectivity index (χ1) is 9.22. The van der Waals surface area contributed by atoms with E-state index in [9.17, 15) is 0 Å². The minimum Gasteiger partial charge on any atom is -0.377 e. The van der Waals surface area contributed by atoms with Gasteiger partial charge in [-0.3, -0.25) is 11.3 Å². The molecule has 0 aromatic heterocycles. The summed E-state index contributed by atoms with van der Waals surface area (Å²) in [5.74, 6) is 7.41. The van der Waals surface area contributed by atoms with Crippen molar-refractivity contribution >= 4 is 0 Å². The molecule has 0 aliphatic heterocycles. The van der Waals surface area contributed by atoms with E-state index in [0.717, 1.165) is 12.3 Å². The van der Waals surface area contributed by atoms with Crippen molar-refractivity contribution in [1.82, 2.24) is 5.43 Å². The SMILES string of the molecule is COC1(C(NN)C2CCCCCC2)CCCC(C)C1. The van der Waals surface area contributed by atoms with Crippen LogP contribution in [0, 0.1) is 11.8 Å². The van der Waals surface area contributed by atoms with E-state index >= 15 is 0 Å². The van der Waals surface area contributed by atoms with Crippen LogP contribution < -0.4 is 11.3 Å². The fourth-order valence-corrected chi connectivity index (χ4v) is 4.50. The summed E-state index contributed by atoms with van der Waals surface area (Å²) in [4.78, 5) is 0. The Kier molecular flexibility index (Phi) is 5.67. The normalized spacial score (nSPS) is 35.8. The number of methoxy groups -OCH3 is 1. The van der Waals surface area contributed by atoms with Gasteiger partial charge in [-0.05, 0) is 37.5 Å². The topological polar surface area (TPSA) is 47.3 Å². The van der Waals surface area contributed by atoms with Gasteiger partial charge in [0.25, 0.3) is 0 Å². The third kappa shape index (κ3) is 3.50. The molecule has 0 aromatic rings. The second-order valence-electron chi connectivity index (χ2n) is 6.87. The molecule has 3 unspecified atom stereocenters. The van der Waals surface area contributed by atoms with Crippen LogP contribution in [0.1, 0.15) is 71.1 Å². The van der Waals surface area contributed by atoms with Gasteiger partial charge >= 0.3 is 0 Å². The average molecular weight is 268 g/mol. The van der Waals surface area contributed by atoms with Crippen molar-refractivity contribution in [3.8, 4) is 0 Å². The lowest BCUT2D eigenvalue weighted by Gasteiger charge is -2.47. The number of hydrazine groups is 1. The van der Waals surface area contributed by atoms with E-state index in [0.29, 0.717) is 12.0 Å². The third-order valence-corrected chi connectivity index (χ3v) is 5.51. The maximum Gasteiger partial charge on any atom is 0.0849 e. The number of rotatable bonds is 4. The van der Waals surface area contributed by atoms with E-state index in [2.05, 4.69) is 12.3 Å². The summed E-state index contributed by atoms with van der Waals surface area (Å²) >= 11 is 0. The lowest BCUT2D eigenvalue weighted by atomic mass is 9.70. The molecule has 3 N–H and O–H groups in total. The van der Waals surface area contributed by atoms with Crippen LogP contribution in [0.25, 0.3) is 0 Å². The molecule has 0 saturated heterocycles. The summed E-state index contributed by atoms with van der Waals surface area (Å²) < 4.78 is 6.05. The molecular weight excluding hydrogens is 236 g/mol. The Bertz CT molecular complexity index is 263. The zero-order valence-corrected chi connectivity index (χ0v) is 12.8. The molecule has 3 heteroatoms. The molecule has 112 valence electrons. The standard InChI is InChI=1S/C16H32N2O/c1-13-8-7-11-16(12-13,19-2)15(18-17)14-9-5-3-4-6-10-14/h13-15,18H,3-12,17H2,1-2H3. The molecule has 2 saturated carbocycles. The lowest BCUT2D eigenvalue weighted by Crippen LogP contribution is -2.59. The van der Waals surface area contributed by atoms with Crippen molar-refractivity contribution in [2.24, 2.45) is 17.7 Å². The van der Waals surface area contributed by atoms with Crippen LogP contribution in [-0.2, 0) is 4.74 Å². The van der Waals surface area contributed by atoms with Crippen LogP contribution in [0.4, 0.5) is 0 Å². The Morgan fingerprint density at radius 1 is 1.11 bits per heavy atom. The minimum absolute atomic E-state index is 0.0264. The Hall–Kier alpha value is -0.120. The van der Waals surface area contributed by atoms with Gasteiger partial charge in [0.2, 0.25) is 0 Å². The van der Waals surface area contributed by atoms with Crippen molar-refractivity contribution in [2.45, 2.75) is 82.8 Å². The van der Waals surface area contributed by atoms with Crippen LogP contribution >= 0.6 is 0 Å². The molecule has 2 aliphatic carbocycles. The molecule has 2 fully saturated rings. The summed E-state index contributed by atoms with van der Waals surface area (Å²) in [5, 5.41) is 0. The molecule has 0 spiro atoms. The first-order valence-corrected chi connectivity index (χ1v) is 8.23. The molecule has 0 radical (unpaired) electrons. The highest BCUT2D eigenvalue weighted by molar-refractivity contribution is 4.99. The van der Waals surface area contributed by atoms with E-state index in [1.165, 1.54) is 57.8 Å². The quantitative estimate of drug-likeness (QED) is 0.467. The maximum atomic E-state index is 6.05. The highest BCUT2D eigenvalue weighted by Gasteiger charge is 2.44. The molecule has 2 aliphatic rings. The summed E-state index contributed by atoms with van der Waals surface area (Å²) in [5.41, 5.74) is 3.13. The number of nitrogens with one attached hydrogen (secondary N) is 1. The summed E-state index contributed by atoms with van der Waals surface area (Å²) in [7, 11) is 1.89. The third-order valence-electron chi connectivity index (χ3n) is 5.51. The van der Waals surface area contributed by atoms with E-state index in [-0.39, 0.29) is 5.60 Å². The molecule has 19 heavy (non-hydrogen) atoms. The Morgan fingerprint density at radius 3 is 2.32 bits per heavy atom. The molecule has 0 aromatic carbocycles. The van der Waals surface area contributed by atoms with Crippen LogP contribution in [0.2, 0.25) is 0 Å². The zero-order valence-electron chi connectivity index (χ0n) is 12.8. The van der Waals surface area contributed by atoms with Gasteiger partial charge in [0.15, 0.2) is 0 Å². The van der Waals surface area contributed by atoms with Gasteiger partial charge in [-0.25, -0.2) is 0 Å².